The van der Waals surface area contributed by atoms with Gasteiger partial charge in [0.05, 0.1) is 22.5 Å². The summed E-state index contributed by atoms with van der Waals surface area (Å²) in [4.78, 5) is 27.0. The first-order valence-corrected chi connectivity index (χ1v) is 8.38. The number of benzene rings is 2. The molecule has 0 unspecified atom stereocenters. The summed E-state index contributed by atoms with van der Waals surface area (Å²) in [5.41, 5.74) is 3.36. The number of aromatic nitrogens is 3. The van der Waals surface area contributed by atoms with Gasteiger partial charge in [0.15, 0.2) is 0 Å². The second kappa shape index (κ2) is 5.41. The van der Waals surface area contributed by atoms with E-state index in [1.807, 2.05) is 59.5 Å². The van der Waals surface area contributed by atoms with E-state index in [1.54, 1.807) is 6.07 Å². The van der Waals surface area contributed by atoms with Crippen molar-refractivity contribution in [3.05, 3.63) is 72.2 Å². The number of hydrogen-bond donors (Lipinski definition) is 1. The predicted octanol–water partition coefficient (Wildman–Crippen LogP) is 3.35. The Morgan fingerprint density at radius 3 is 2.52 bits per heavy atom. The monoisotopic (exact) mass is 328 g/mol. The third kappa shape index (κ3) is 2.36. The maximum Gasteiger partial charge on any atom is 0.272 e. The van der Waals surface area contributed by atoms with Crippen LogP contribution in [0.1, 0.15) is 22.2 Å². The van der Waals surface area contributed by atoms with Gasteiger partial charge < -0.3 is 9.88 Å². The molecule has 122 valence electrons. The van der Waals surface area contributed by atoms with Crippen LogP contribution in [0.4, 0.5) is 0 Å². The van der Waals surface area contributed by atoms with Gasteiger partial charge >= 0.3 is 0 Å². The molecule has 3 heterocycles. The van der Waals surface area contributed by atoms with Crippen molar-refractivity contribution in [1.29, 1.82) is 0 Å². The molecule has 5 heteroatoms. The molecule has 1 N–H and O–H groups in total. The van der Waals surface area contributed by atoms with Gasteiger partial charge in [0.25, 0.3) is 5.91 Å². The molecule has 0 atom stereocenters. The first-order chi connectivity index (χ1) is 12.3. The van der Waals surface area contributed by atoms with E-state index in [9.17, 15) is 4.79 Å². The van der Waals surface area contributed by atoms with Crippen LogP contribution in [-0.2, 0) is 0 Å². The molecular formula is C20H16N4O. The van der Waals surface area contributed by atoms with Crippen LogP contribution < -0.4 is 0 Å². The van der Waals surface area contributed by atoms with E-state index in [1.165, 1.54) is 0 Å². The van der Waals surface area contributed by atoms with Crippen molar-refractivity contribution in [2.75, 3.05) is 13.1 Å². The molecule has 0 aliphatic carbocycles. The Morgan fingerprint density at radius 2 is 1.68 bits per heavy atom. The largest absolute Gasteiger partial charge is 0.342 e. The summed E-state index contributed by atoms with van der Waals surface area (Å²) in [6, 6.07) is 19.6. The Kier molecular flexibility index (Phi) is 3.06. The summed E-state index contributed by atoms with van der Waals surface area (Å²) in [6.45, 7) is 1.35. The number of nitrogens with one attached hydrogen (secondary N) is 1. The smallest absolute Gasteiger partial charge is 0.272 e. The fourth-order valence-electron chi connectivity index (χ4n) is 3.33. The molecule has 5 rings (SSSR count). The summed E-state index contributed by atoms with van der Waals surface area (Å²) in [5, 5.41) is 1.04. The second-order valence-corrected chi connectivity index (χ2v) is 6.44. The van der Waals surface area contributed by atoms with Gasteiger partial charge in [-0.15, -0.1) is 0 Å². The normalized spacial score (nSPS) is 14.8. The van der Waals surface area contributed by atoms with Crippen molar-refractivity contribution < 1.29 is 4.79 Å². The molecule has 1 saturated heterocycles. The average molecular weight is 328 g/mol. The van der Waals surface area contributed by atoms with E-state index in [0.717, 1.165) is 27.8 Å². The number of aromatic amines is 1. The number of fused-ring (bicyclic) bond motifs is 2. The summed E-state index contributed by atoms with van der Waals surface area (Å²) in [5.74, 6) is 1.20. The molecule has 1 aliphatic rings. The average Bonchev–Trinajstić information content (AvgIpc) is 3.03. The van der Waals surface area contributed by atoms with Crippen molar-refractivity contribution in [2.45, 2.75) is 5.92 Å². The van der Waals surface area contributed by atoms with Gasteiger partial charge in [-0.1, -0.05) is 36.4 Å². The molecule has 2 aromatic carbocycles. The van der Waals surface area contributed by atoms with Gasteiger partial charge in [0, 0.05) is 18.5 Å². The van der Waals surface area contributed by atoms with Crippen LogP contribution in [0.5, 0.6) is 0 Å². The Labute approximate surface area is 144 Å². The molecule has 0 radical (unpaired) electrons. The van der Waals surface area contributed by atoms with E-state index in [0.29, 0.717) is 18.8 Å². The molecule has 5 nitrogen and oxygen atoms in total. The van der Waals surface area contributed by atoms with Gasteiger partial charge in [-0.3, -0.25) is 4.79 Å². The Hall–Kier alpha value is -3.21. The van der Waals surface area contributed by atoms with Crippen LogP contribution in [0, 0.1) is 0 Å². The van der Waals surface area contributed by atoms with E-state index < -0.39 is 0 Å². The SMILES string of the molecule is O=C(c1ccc2ccccc2n1)N1CC(c2nc3ccccc3[nH]2)C1. The topological polar surface area (TPSA) is 61.9 Å². The molecule has 0 spiro atoms. The van der Waals surface area contributed by atoms with E-state index >= 15 is 0 Å². The van der Waals surface area contributed by atoms with Crippen molar-refractivity contribution >= 4 is 27.8 Å². The Balaban J connectivity index is 1.34. The molecule has 2 aromatic heterocycles. The zero-order chi connectivity index (χ0) is 16.8. The van der Waals surface area contributed by atoms with Crippen LogP contribution >= 0.6 is 0 Å². The third-order valence-corrected chi connectivity index (χ3v) is 4.78. The number of para-hydroxylation sites is 3. The minimum atomic E-state index is -0.0156. The molecule has 25 heavy (non-hydrogen) atoms. The van der Waals surface area contributed by atoms with Gasteiger partial charge in [-0.25, -0.2) is 9.97 Å². The number of likely N-dealkylation sites (tertiary alicyclic amines) is 1. The highest BCUT2D eigenvalue weighted by Gasteiger charge is 2.34. The quantitative estimate of drug-likeness (QED) is 0.614. The maximum atomic E-state index is 12.7. The second-order valence-electron chi connectivity index (χ2n) is 6.44. The van der Waals surface area contributed by atoms with Crippen LogP contribution in [0.15, 0.2) is 60.7 Å². The molecule has 4 aromatic rings. The minimum Gasteiger partial charge on any atom is -0.342 e. The third-order valence-electron chi connectivity index (χ3n) is 4.78. The zero-order valence-corrected chi connectivity index (χ0v) is 13.5. The Morgan fingerprint density at radius 1 is 0.920 bits per heavy atom. The van der Waals surface area contributed by atoms with Crippen LogP contribution in [-0.4, -0.2) is 38.8 Å². The van der Waals surface area contributed by atoms with Gasteiger partial charge in [-0.2, -0.15) is 0 Å². The lowest BCUT2D eigenvalue weighted by Gasteiger charge is -2.37. The van der Waals surface area contributed by atoms with Crippen molar-refractivity contribution in [1.82, 2.24) is 19.9 Å². The molecular weight excluding hydrogens is 312 g/mol. The number of imidazole rings is 1. The molecule has 0 saturated carbocycles. The highest BCUT2D eigenvalue weighted by molar-refractivity contribution is 5.95. The van der Waals surface area contributed by atoms with E-state index in [4.69, 9.17) is 0 Å². The molecule has 1 aliphatic heterocycles. The van der Waals surface area contributed by atoms with Gasteiger partial charge in [0.2, 0.25) is 0 Å². The number of hydrogen-bond acceptors (Lipinski definition) is 3. The number of pyridine rings is 1. The molecule has 1 fully saturated rings. The van der Waals surface area contributed by atoms with E-state index in [2.05, 4.69) is 15.0 Å². The number of carbonyl (C=O) groups is 1. The predicted molar refractivity (Wildman–Crippen MR) is 96.5 cm³/mol. The highest BCUT2D eigenvalue weighted by atomic mass is 16.2. The van der Waals surface area contributed by atoms with Crippen LogP contribution in [0.2, 0.25) is 0 Å². The summed E-state index contributed by atoms with van der Waals surface area (Å²) in [6.07, 6.45) is 0. The maximum absolute atomic E-state index is 12.7. The van der Waals surface area contributed by atoms with Crippen molar-refractivity contribution in [3.63, 3.8) is 0 Å². The number of amides is 1. The summed E-state index contributed by atoms with van der Waals surface area (Å²) in [7, 11) is 0. The van der Waals surface area contributed by atoms with E-state index in [-0.39, 0.29) is 11.8 Å². The number of carbonyl (C=O) groups excluding carboxylic acids is 1. The fraction of sp³-hybridized carbons (Fsp3) is 0.150. The lowest BCUT2D eigenvalue weighted by Crippen LogP contribution is -2.49. The zero-order valence-electron chi connectivity index (χ0n) is 13.5. The standard InChI is InChI=1S/C20H16N4O/c25-20(18-10-9-13-5-1-2-6-15(13)21-18)24-11-14(12-24)19-22-16-7-3-4-8-17(16)23-19/h1-10,14H,11-12H2,(H,22,23). The van der Waals surface area contributed by atoms with Crippen LogP contribution in [0.3, 0.4) is 0 Å². The number of H-pyrrole nitrogens is 1. The van der Waals surface area contributed by atoms with Gasteiger partial charge in [-0.05, 0) is 24.3 Å². The highest BCUT2D eigenvalue weighted by Crippen LogP contribution is 2.28. The van der Waals surface area contributed by atoms with Crippen molar-refractivity contribution in [3.8, 4) is 0 Å². The lowest BCUT2D eigenvalue weighted by molar-refractivity contribution is 0.0590. The first-order valence-electron chi connectivity index (χ1n) is 8.38. The summed E-state index contributed by atoms with van der Waals surface area (Å²) < 4.78 is 0. The van der Waals surface area contributed by atoms with Crippen LogP contribution in [0.25, 0.3) is 21.9 Å². The van der Waals surface area contributed by atoms with Gasteiger partial charge in [0.1, 0.15) is 11.5 Å². The minimum absolute atomic E-state index is 0.0156. The first kappa shape index (κ1) is 14.2. The molecule has 0 bridgehead atoms. The number of rotatable bonds is 2. The molecule has 1 amide bonds. The Bertz CT molecular complexity index is 1060. The lowest BCUT2D eigenvalue weighted by atomic mass is 9.99. The van der Waals surface area contributed by atoms with Crippen molar-refractivity contribution in [2.24, 2.45) is 0 Å². The fourth-order valence-corrected chi connectivity index (χ4v) is 3.33. The summed E-state index contributed by atoms with van der Waals surface area (Å²) >= 11 is 0. The number of nitrogens with zero attached hydrogens (tertiary/aromatic N) is 3.